The molecule has 3 heteroatoms. The first kappa shape index (κ1) is 14.3. The highest BCUT2D eigenvalue weighted by Crippen LogP contribution is 2.28. The van der Waals surface area contributed by atoms with Crippen LogP contribution in [0.2, 0.25) is 0 Å². The number of fused-ring (bicyclic) bond motifs is 1. The first-order valence-corrected chi connectivity index (χ1v) is 7.89. The van der Waals surface area contributed by atoms with E-state index in [0.717, 1.165) is 29.7 Å². The number of para-hydroxylation sites is 1. The van der Waals surface area contributed by atoms with E-state index in [1.165, 1.54) is 19.3 Å². The predicted octanol–water partition coefficient (Wildman–Crippen LogP) is 4.60. The zero-order valence-electron chi connectivity index (χ0n) is 12.5. The van der Waals surface area contributed by atoms with Crippen LogP contribution in [-0.2, 0) is 4.74 Å². The fraction of sp³-hybridized carbons (Fsp3) is 0.500. The van der Waals surface area contributed by atoms with Gasteiger partial charge >= 0.3 is 0 Å². The largest absolute Gasteiger partial charge is 0.464 e. The maximum atomic E-state index is 12.3. The maximum Gasteiger partial charge on any atom is 0.192 e. The number of Topliss-reactive ketones (excluding diaryl/α,β-unsaturated/α-hetero) is 1. The number of furan rings is 1. The molecular weight excluding hydrogens is 264 g/mol. The monoisotopic (exact) mass is 286 g/mol. The maximum absolute atomic E-state index is 12.3. The Morgan fingerprint density at radius 1 is 1.33 bits per heavy atom. The second-order valence-electron chi connectivity index (χ2n) is 5.94. The van der Waals surface area contributed by atoms with E-state index in [2.05, 4.69) is 6.92 Å². The molecule has 2 unspecified atom stereocenters. The predicted molar refractivity (Wildman–Crippen MR) is 82.5 cm³/mol. The highest BCUT2D eigenvalue weighted by atomic mass is 16.5. The first-order valence-electron chi connectivity index (χ1n) is 7.89. The van der Waals surface area contributed by atoms with Gasteiger partial charge in [0.1, 0.15) is 18.5 Å². The lowest BCUT2D eigenvalue weighted by molar-refractivity contribution is 0.0157. The molecule has 0 aliphatic heterocycles. The minimum absolute atomic E-state index is 0.0126. The van der Waals surface area contributed by atoms with Gasteiger partial charge in [-0.2, -0.15) is 0 Å². The van der Waals surface area contributed by atoms with Crippen LogP contribution in [0.15, 0.2) is 34.9 Å². The van der Waals surface area contributed by atoms with Crippen molar-refractivity contribution in [2.75, 3.05) is 6.61 Å². The molecule has 1 aromatic heterocycles. The Morgan fingerprint density at radius 2 is 2.19 bits per heavy atom. The molecule has 0 spiro atoms. The van der Waals surface area contributed by atoms with E-state index in [4.69, 9.17) is 9.15 Å². The Balaban J connectivity index is 1.61. The van der Waals surface area contributed by atoms with E-state index in [-0.39, 0.29) is 18.5 Å². The molecule has 0 saturated heterocycles. The molecule has 0 N–H and O–H groups in total. The Bertz CT molecular complexity index is 614. The number of hydrogen-bond donors (Lipinski definition) is 0. The molecule has 2 aromatic rings. The normalized spacial score (nSPS) is 22.5. The molecule has 112 valence electrons. The molecule has 1 fully saturated rings. The van der Waals surface area contributed by atoms with Crippen LogP contribution in [-0.4, -0.2) is 18.5 Å². The van der Waals surface area contributed by atoms with Gasteiger partial charge < -0.3 is 9.15 Å². The smallest absolute Gasteiger partial charge is 0.192 e. The fourth-order valence-corrected chi connectivity index (χ4v) is 3.23. The molecule has 1 heterocycles. The molecule has 1 aliphatic carbocycles. The van der Waals surface area contributed by atoms with Crippen molar-refractivity contribution in [3.63, 3.8) is 0 Å². The van der Waals surface area contributed by atoms with Gasteiger partial charge in [-0.1, -0.05) is 44.4 Å². The highest BCUT2D eigenvalue weighted by molar-refractivity contribution is 6.07. The summed E-state index contributed by atoms with van der Waals surface area (Å²) in [5.41, 5.74) is 1.39. The Labute approximate surface area is 125 Å². The lowest BCUT2D eigenvalue weighted by Gasteiger charge is -2.28. The molecule has 3 nitrogen and oxygen atoms in total. The van der Waals surface area contributed by atoms with Crippen molar-refractivity contribution in [2.45, 2.75) is 45.1 Å². The van der Waals surface area contributed by atoms with Crippen LogP contribution in [0.1, 0.15) is 49.4 Å². The van der Waals surface area contributed by atoms with Crippen molar-refractivity contribution >= 4 is 16.8 Å². The molecule has 1 saturated carbocycles. The first-order chi connectivity index (χ1) is 10.3. The summed E-state index contributed by atoms with van der Waals surface area (Å²) in [4.78, 5) is 12.3. The zero-order chi connectivity index (χ0) is 14.7. The lowest BCUT2D eigenvalue weighted by atomic mass is 9.85. The van der Waals surface area contributed by atoms with Gasteiger partial charge in [0.15, 0.2) is 5.78 Å². The Kier molecular flexibility index (Phi) is 4.39. The second-order valence-corrected chi connectivity index (χ2v) is 5.94. The van der Waals surface area contributed by atoms with Gasteiger partial charge in [-0.25, -0.2) is 0 Å². The average Bonchev–Trinajstić information content (AvgIpc) is 2.97. The minimum atomic E-state index is 0.0126. The summed E-state index contributed by atoms with van der Waals surface area (Å²) in [6, 6.07) is 7.62. The zero-order valence-corrected chi connectivity index (χ0v) is 12.5. The third-order valence-corrected chi connectivity index (χ3v) is 4.54. The van der Waals surface area contributed by atoms with E-state index in [9.17, 15) is 4.79 Å². The van der Waals surface area contributed by atoms with Gasteiger partial charge in [-0.15, -0.1) is 0 Å². The van der Waals surface area contributed by atoms with Crippen LogP contribution in [0.3, 0.4) is 0 Å². The van der Waals surface area contributed by atoms with Gasteiger partial charge in [-0.3, -0.25) is 4.79 Å². The summed E-state index contributed by atoms with van der Waals surface area (Å²) in [6.07, 6.45) is 7.69. The van der Waals surface area contributed by atoms with E-state index >= 15 is 0 Å². The van der Waals surface area contributed by atoms with Crippen LogP contribution >= 0.6 is 0 Å². The van der Waals surface area contributed by atoms with Gasteiger partial charge in [0, 0.05) is 5.39 Å². The molecule has 1 aromatic carbocycles. The summed E-state index contributed by atoms with van der Waals surface area (Å²) in [5, 5.41) is 0.876. The average molecular weight is 286 g/mol. The quantitative estimate of drug-likeness (QED) is 0.754. The van der Waals surface area contributed by atoms with Crippen molar-refractivity contribution < 1.29 is 13.9 Å². The number of carbonyl (C=O) groups is 1. The van der Waals surface area contributed by atoms with Crippen molar-refractivity contribution in [3.05, 3.63) is 36.1 Å². The number of carbonyl (C=O) groups excluding carboxylic acids is 1. The second kappa shape index (κ2) is 6.44. The molecule has 2 atom stereocenters. The molecule has 0 radical (unpaired) electrons. The van der Waals surface area contributed by atoms with Crippen molar-refractivity contribution in [3.8, 4) is 0 Å². The van der Waals surface area contributed by atoms with Gasteiger partial charge in [0.25, 0.3) is 0 Å². The topological polar surface area (TPSA) is 39.4 Å². The number of hydrogen-bond acceptors (Lipinski definition) is 3. The van der Waals surface area contributed by atoms with Crippen LogP contribution in [0.4, 0.5) is 0 Å². The number of ether oxygens (including phenoxy) is 1. The van der Waals surface area contributed by atoms with E-state index < -0.39 is 0 Å². The van der Waals surface area contributed by atoms with Crippen molar-refractivity contribution in [1.29, 1.82) is 0 Å². The Hall–Kier alpha value is -1.61. The van der Waals surface area contributed by atoms with Crippen LogP contribution in [0, 0.1) is 5.92 Å². The van der Waals surface area contributed by atoms with Crippen molar-refractivity contribution in [2.24, 2.45) is 5.92 Å². The third kappa shape index (κ3) is 3.18. The summed E-state index contributed by atoms with van der Waals surface area (Å²) in [5.74, 6) is 0.771. The lowest BCUT2D eigenvalue weighted by Crippen LogP contribution is -2.25. The number of rotatable bonds is 5. The summed E-state index contributed by atoms with van der Waals surface area (Å²) < 4.78 is 11.3. The van der Waals surface area contributed by atoms with Crippen molar-refractivity contribution in [1.82, 2.24) is 0 Å². The highest BCUT2D eigenvalue weighted by Gasteiger charge is 2.22. The van der Waals surface area contributed by atoms with Crippen LogP contribution in [0.25, 0.3) is 11.0 Å². The van der Waals surface area contributed by atoms with E-state index in [0.29, 0.717) is 5.56 Å². The molecular formula is C18H22O3. The van der Waals surface area contributed by atoms with Crippen LogP contribution in [0.5, 0.6) is 0 Å². The van der Waals surface area contributed by atoms with E-state index in [1.54, 1.807) is 6.26 Å². The molecule has 0 bridgehead atoms. The third-order valence-electron chi connectivity index (χ3n) is 4.54. The SMILES string of the molecule is CCC1CCCC(OCC(=O)c2coc3ccccc23)C1. The Morgan fingerprint density at radius 3 is 3.05 bits per heavy atom. The van der Waals surface area contributed by atoms with Crippen LogP contribution < -0.4 is 0 Å². The number of benzene rings is 1. The summed E-state index contributed by atoms with van der Waals surface area (Å²) in [7, 11) is 0. The minimum Gasteiger partial charge on any atom is -0.464 e. The standard InChI is InChI=1S/C18H22O3/c1-2-13-6-5-7-14(10-13)20-12-17(19)16-11-21-18-9-4-3-8-15(16)18/h3-4,8-9,11,13-14H,2,5-7,10,12H2,1H3. The summed E-state index contributed by atoms with van der Waals surface area (Å²) >= 11 is 0. The summed E-state index contributed by atoms with van der Waals surface area (Å²) in [6.45, 7) is 2.39. The number of ketones is 1. The van der Waals surface area contributed by atoms with Gasteiger partial charge in [-0.05, 0) is 24.8 Å². The molecule has 1 aliphatic rings. The van der Waals surface area contributed by atoms with Gasteiger partial charge in [0.2, 0.25) is 0 Å². The molecule has 3 rings (SSSR count). The van der Waals surface area contributed by atoms with E-state index in [1.807, 2.05) is 24.3 Å². The molecule has 21 heavy (non-hydrogen) atoms. The molecule has 0 amide bonds. The van der Waals surface area contributed by atoms with Gasteiger partial charge in [0.05, 0.1) is 11.7 Å². The fourth-order valence-electron chi connectivity index (χ4n) is 3.23.